The summed E-state index contributed by atoms with van der Waals surface area (Å²) in [7, 11) is 1.50. The molecule has 0 atom stereocenters. The van der Waals surface area contributed by atoms with Crippen LogP contribution in [0.1, 0.15) is 30.1 Å². The van der Waals surface area contributed by atoms with E-state index in [2.05, 4.69) is 10.2 Å². The summed E-state index contributed by atoms with van der Waals surface area (Å²) in [6, 6.07) is 10.3. The van der Waals surface area contributed by atoms with E-state index in [1.54, 1.807) is 30.3 Å². The molecule has 0 saturated carbocycles. The highest BCUT2D eigenvalue weighted by Crippen LogP contribution is 2.32. The van der Waals surface area contributed by atoms with Crippen molar-refractivity contribution in [2.24, 2.45) is 0 Å². The Kier molecular flexibility index (Phi) is 7.45. The quantitative estimate of drug-likeness (QED) is 0.693. The number of carbonyl (C=O) groups is 2. The number of carbonyl (C=O) groups excluding carboxylic acids is 2. The van der Waals surface area contributed by atoms with Gasteiger partial charge in [0.1, 0.15) is 5.75 Å². The van der Waals surface area contributed by atoms with Crippen molar-refractivity contribution >= 4 is 46.4 Å². The Morgan fingerprint density at radius 1 is 1.03 bits per heavy atom. The fraction of sp³-hybridized carbons (Fsp3) is 0.364. The van der Waals surface area contributed by atoms with E-state index >= 15 is 0 Å². The lowest BCUT2D eigenvalue weighted by Crippen LogP contribution is -2.48. The number of piperazine rings is 1. The van der Waals surface area contributed by atoms with Crippen LogP contribution in [0, 0.1) is 0 Å². The smallest absolute Gasteiger partial charge is 0.259 e. The van der Waals surface area contributed by atoms with Crippen molar-refractivity contribution in [2.45, 2.75) is 19.8 Å². The van der Waals surface area contributed by atoms with Crippen LogP contribution in [0.5, 0.6) is 5.75 Å². The molecule has 1 heterocycles. The predicted octanol–water partition coefficient (Wildman–Crippen LogP) is 4.70. The normalized spacial score (nSPS) is 13.9. The monoisotopic (exact) mass is 449 g/mol. The van der Waals surface area contributed by atoms with E-state index in [1.165, 1.54) is 7.11 Å². The zero-order chi connectivity index (χ0) is 21.7. The van der Waals surface area contributed by atoms with Crippen molar-refractivity contribution in [1.29, 1.82) is 0 Å². The van der Waals surface area contributed by atoms with Gasteiger partial charge in [-0.15, -0.1) is 0 Å². The van der Waals surface area contributed by atoms with E-state index in [1.807, 2.05) is 17.9 Å². The van der Waals surface area contributed by atoms with Crippen LogP contribution < -0.4 is 15.0 Å². The van der Waals surface area contributed by atoms with Gasteiger partial charge in [-0.2, -0.15) is 0 Å². The second-order valence-electron chi connectivity index (χ2n) is 7.08. The molecule has 0 aromatic heterocycles. The first-order valence-corrected chi connectivity index (χ1v) is 10.7. The molecular weight excluding hydrogens is 425 g/mol. The van der Waals surface area contributed by atoms with E-state index in [9.17, 15) is 9.59 Å². The van der Waals surface area contributed by atoms with E-state index < -0.39 is 0 Å². The lowest BCUT2D eigenvalue weighted by molar-refractivity contribution is -0.131. The first-order chi connectivity index (χ1) is 14.4. The molecule has 3 rings (SSSR count). The van der Waals surface area contributed by atoms with Gasteiger partial charge in [0.25, 0.3) is 5.91 Å². The second kappa shape index (κ2) is 10.0. The van der Waals surface area contributed by atoms with Crippen LogP contribution in [-0.4, -0.2) is 50.0 Å². The molecule has 160 valence electrons. The number of hydrogen-bond donors (Lipinski definition) is 1. The van der Waals surface area contributed by atoms with Gasteiger partial charge in [-0.25, -0.2) is 0 Å². The Labute approximate surface area is 186 Å². The summed E-state index contributed by atoms with van der Waals surface area (Å²) in [6.45, 7) is 4.67. The van der Waals surface area contributed by atoms with Gasteiger partial charge in [-0.3, -0.25) is 9.59 Å². The number of hydrogen-bond acceptors (Lipinski definition) is 4. The lowest BCUT2D eigenvalue weighted by Gasteiger charge is -2.37. The van der Waals surface area contributed by atoms with Crippen LogP contribution in [0.3, 0.4) is 0 Å². The zero-order valence-electron chi connectivity index (χ0n) is 17.1. The number of amides is 2. The van der Waals surface area contributed by atoms with E-state index in [-0.39, 0.29) is 11.8 Å². The molecule has 1 fully saturated rings. The molecule has 2 aromatic carbocycles. The molecule has 1 N–H and O–H groups in total. The summed E-state index contributed by atoms with van der Waals surface area (Å²) in [5.74, 6) is 0.285. The number of nitrogens with zero attached hydrogens (tertiary/aromatic N) is 2. The topological polar surface area (TPSA) is 61.9 Å². The third-order valence-electron chi connectivity index (χ3n) is 5.05. The molecule has 2 aromatic rings. The number of ether oxygens (including phenoxy) is 1. The highest BCUT2D eigenvalue weighted by molar-refractivity contribution is 6.31. The molecule has 0 bridgehead atoms. The van der Waals surface area contributed by atoms with Gasteiger partial charge in [0.15, 0.2) is 0 Å². The highest BCUT2D eigenvalue weighted by Gasteiger charge is 2.23. The Hall–Kier alpha value is -2.44. The number of benzene rings is 2. The minimum atomic E-state index is -0.338. The number of halogens is 2. The van der Waals surface area contributed by atoms with Crippen molar-refractivity contribution in [3.05, 3.63) is 52.0 Å². The third kappa shape index (κ3) is 5.18. The molecule has 0 radical (unpaired) electrons. The molecule has 0 aliphatic carbocycles. The molecule has 0 spiro atoms. The Balaban J connectivity index is 1.79. The average molecular weight is 450 g/mol. The van der Waals surface area contributed by atoms with Crippen molar-refractivity contribution in [3.63, 3.8) is 0 Å². The molecule has 1 saturated heterocycles. The number of rotatable bonds is 6. The summed E-state index contributed by atoms with van der Waals surface area (Å²) in [5, 5.41) is 3.90. The molecule has 8 heteroatoms. The number of nitrogens with one attached hydrogen (secondary N) is 1. The van der Waals surface area contributed by atoms with Crippen LogP contribution in [0.15, 0.2) is 36.4 Å². The fourth-order valence-corrected chi connectivity index (χ4v) is 3.84. The molecule has 1 aliphatic heterocycles. The third-order valence-corrected chi connectivity index (χ3v) is 5.52. The van der Waals surface area contributed by atoms with E-state index in [0.29, 0.717) is 59.6 Å². The van der Waals surface area contributed by atoms with Crippen LogP contribution in [0.2, 0.25) is 10.0 Å². The van der Waals surface area contributed by atoms with Gasteiger partial charge < -0.3 is 19.9 Å². The number of anilines is 2. The van der Waals surface area contributed by atoms with Gasteiger partial charge in [-0.1, -0.05) is 30.1 Å². The molecule has 2 amide bonds. The largest absolute Gasteiger partial charge is 0.496 e. The summed E-state index contributed by atoms with van der Waals surface area (Å²) in [6.07, 6.45) is 1.42. The van der Waals surface area contributed by atoms with Crippen LogP contribution in [0.4, 0.5) is 11.4 Å². The molecule has 30 heavy (non-hydrogen) atoms. The van der Waals surface area contributed by atoms with Crippen molar-refractivity contribution in [3.8, 4) is 5.75 Å². The second-order valence-corrected chi connectivity index (χ2v) is 7.95. The fourth-order valence-electron chi connectivity index (χ4n) is 3.50. The van der Waals surface area contributed by atoms with Gasteiger partial charge in [0.05, 0.1) is 24.0 Å². The standard InChI is InChI=1S/C22H25Cl2N3O3/c1-3-4-21(28)27-11-9-26(10-12-27)19-7-5-16(24)14-18(19)25-22(29)17-13-15(23)6-8-20(17)30-2/h5-8,13-14H,3-4,9-12H2,1-2H3,(H,25,29). The zero-order valence-corrected chi connectivity index (χ0v) is 18.6. The van der Waals surface area contributed by atoms with Gasteiger partial charge in [0, 0.05) is 42.6 Å². The Morgan fingerprint density at radius 3 is 2.37 bits per heavy atom. The van der Waals surface area contributed by atoms with Crippen LogP contribution >= 0.6 is 23.2 Å². The summed E-state index contributed by atoms with van der Waals surface area (Å²) >= 11 is 12.3. The van der Waals surface area contributed by atoms with Gasteiger partial charge in [-0.05, 0) is 42.8 Å². The molecular formula is C22H25Cl2N3O3. The maximum atomic E-state index is 12.9. The van der Waals surface area contributed by atoms with Gasteiger partial charge in [0.2, 0.25) is 5.91 Å². The first kappa shape index (κ1) is 22.2. The lowest BCUT2D eigenvalue weighted by atomic mass is 10.1. The van der Waals surface area contributed by atoms with E-state index in [4.69, 9.17) is 27.9 Å². The van der Waals surface area contributed by atoms with Crippen molar-refractivity contribution in [2.75, 3.05) is 43.5 Å². The van der Waals surface area contributed by atoms with Crippen LogP contribution in [-0.2, 0) is 4.79 Å². The van der Waals surface area contributed by atoms with Crippen LogP contribution in [0.25, 0.3) is 0 Å². The maximum absolute atomic E-state index is 12.9. The molecule has 1 aliphatic rings. The minimum absolute atomic E-state index is 0.190. The highest BCUT2D eigenvalue weighted by atomic mass is 35.5. The average Bonchev–Trinajstić information content (AvgIpc) is 2.74. The Bertz CT molecular complexity index is 928. The predicted molar refractivity (Wildman–Crippen MR) is 121 cm³/mol. The summed E-state index contributed by atoms with van der Waals surface area (Å²) < 4.78 is 5.29. The molecule has 6 nitrogen and oxygen atoms in total. The summed E-state index contributed by atoms with van der Waals surface area (Å²) in [5.41, 5.74) is 1.80. The minimum Gasteiger partial charge on any atom is -0.496 e. The van der Waals surface area contributed by atoms with Crippen molar-refractivity contribution < 1.29 is 14.3 Å². The van der Waals surface area contributed by atoms with Gasteiger partial charge >= 0.3 is 0 Å². The number of methoxy groups -OCH3 is 1. The SMILES string of the molecule is CCCC(=O)N1CCN(c2ccc(Cl)cc2NC(=O)c2cc(Cl)ccc2OC)CC1. The Morgan fingerprint density at radius 2 is 1.70 bits per heavy atom. The molecule has 0 unspecified atom stereocenters. The maximum Gasteiger partial charge on any atom is 0.259 e. The van der Waals surface area contributed by atoms with E-state index in [0.717, 1.165) is 12.1 Å². The van der Waals surface area contributed by atoms with Crippen molar-refractivity contribution in [1.82, 2.24) is 4.90 Å². The first-order valence-electron chi connectivity index (χ1n) is 9.90. The summed E-state index contributed by atoms with van der Waals surface area (Å²) in [4.78, 5) is 29.1.